The summed E-state index contributed by atoms with van der Waals surface area (Å²) in [6.45, 7) is 0.277. The Hall–Kier alpha value is -3.49. The van der Waals surface area contributed by atoms with Crippen molar-refractivity contribution in [3.63, 3.8) is 0 Å². The summed E-state index contributed by atoms with van der Waals surface area (Å²) in [7, 11) is 1.34. The molecule has 7 nitrogen and oxygen atoms in total. The Kier molecular flexibility index (Phi) is 5.83. The maximum atomic E-state index is 13.6. The van der Waals surface area contributed by atoms with E-state index < -0.39 is 17.6 Å². The van der Waals surface area contributed by atoms with Crippen molar-refractivity contribution >= 4 is 11.9 Å². The van der Waals surface area contributed by atoms with Gasteiger partial charge in [0.1, 0.15) is 17.4 Å². The highest BCUT2D eigenvalue weighted by Gasteiger charge is 2.28. The summed E-state index contributed by atoms with van der Waals surface area (Å²) in [5.41, 5.74) is 6.11. The number of carbonyl (C=O) groups is 1. The Labute approximate surface area is 159 Å². The molecule has 1 atom stereocenters. The van der Waals surface area contributed by atoms with Gasteiger partial charge < -0.3 is 20.2 Å². The summed E-state index contributed by atoms with van der Waals surface area (Å²) in [4.78, 5) is 11.0. The number of ether oxygens (including phenoxy) is 1. The molecule has 0 spiro atoms. The monoisotopic (exact) mass is 388 g/mol. The minimum absolute atomic E-state index is 0.0425. The van der Waals surface area contributed by atoms with Gasteiger partial charge in [-0.1, -0.05) is 23.3 Å². The van der Waals surface area contributed by atoms with Crippen LogP contribution in [0.3, 0.4) is 0 Å². The first-order valence-corrected chi connectivity index (χ1v) is 8.42. The third-order valence-corrected chi connectivity index (χ3v) is 4.14. The zero-order valence-electron chi connectivity index (χ0n) is 15.0. The molecule has 2 heterocycles. The van der Waals surface area contributed by atoms with Gasteiger partial charge in [-0.3, -0.25) is 4.79 Å². The summed E-state index contributed by atoms with van der Waals surface area (Å²) in [5.74, 6) is -1.36. The van der Waals surface area contributed by atoms with Crippen molar-refractivity contribution in [1.82, 2.24) is 15.5 Å². The van der Waals surface area contributed by atoms with E-state index in [9.17, 15) is 13.6 Å². The van der Waals surface area contributed by atoms with Crippen LogP contribution in [-0.2, 0) is 4.79 Å². The van der Waals surface area contributed by atoms with E-state index in [0.29, 0.717) is 5.89 Å². The molecular weight excluding hydrogens is 370 g/mol. The number of halogens is 2. The molecule has 0 aliphatic carbocycles. The van der Waals surface area contributed by atoms with Crippen molar-refractivity contribution in [2.24, 2.45) is 0 Å². The number of anilines is 1. The number of amides is 1. The number of methoxy groups -OCH3 is 1. The van der Waals surface area contributed by atoms with Crippen LogP contribution in [0.1, 0.15) is 17.9 Å². The van der Waals surface area contributed by atoms with Crippen LogP contribution in [-0.4, -0.2) is 29.8 Å². The molecule has 1 fully saturated rings. The van der Waals surface area contributed by atoms with Crippen LogP contribution in [0.2, 0.25) is 0 Å². The lowest BCUT2D eigenvalue weighted by Crippen LogP contribution is -2.14. The molecule has 1 aromatic heterocycles. The fourth-order valence-electron chi connectivity index (χ4n) is 2.81. The van der Waals surface area contributed by atoms with Gasteiger partial charge in [0.2, 0.25) is 11.8 Å². The van der Waals surface area contributed by atoms with Gasteiger partial charge in [-0.15, -0.1) is 5.10 Å². The van der Waals surface area contributed by atoms with Crippen LogP contribution < -0.4 is 15.8 Å². The molecule has 0 radical (unpaired) electrons. The summed E-state index contributed by atoms with van der Waals surface area (Å²) in [5, 5.41) is 9.85. The van der Waals surface area contributed by atoms with Crippen LogP contribution in [0.4, 0.5) is 14.8 Å². The molecule has 1 saturated heterocycles. The van der Waals surface area contributed by atoms with Crippen LogP contribution in [0.5, 0.6) is 5.75 Å². The number of rotatable bonds is 3. The van der Waals surface area contributed by atoms with E-state index in [0.717, 1.165) is 17.7 Å². The van der Waals surface area contributed by atoms with Crippen molar-refractivity contribution < 1.29 is 22.7 Å². The van der Waals surface area contributed by atoms with E-state index in [1.807, 2.05) is 30.3 Å². The van der Waals surface area contributed by atoms with Gasteiger partial charge >= 0.3 is 6.01 Å². The van der Waals surface area contributed by atoms with E-state index in [-0.39, 0.29) is 36.2 Å². The van der Waals surface area contributed by atoms with Gasteiger partial charge in [0.05, 0.1) is 7.11 Å². The molecule has 2 aromatic carbocycles. The average molecular weight is 388 g/mol. The first kappa shape index (κ1) is 19.3. The lowest BCUT2D eigenvalue weighted by atomic mass is 9.97. The molecule has 1 aliphatic heterocycles. The second-order valence-corrected chi connectivity index (χ2v) is 6.02. The van der Waals surface area contributed by atoms with E-state index in [4.69, 9.17) is 14.9 Å². The quantitative estimate of drug-likeness (QED) is 0.715. The Morgan fingerprint density at radius 3 is 2.36 bits per heavy atom. The van der Waals surface area contributed by atoms with Crippen LogP contribution in [0.25, 0.3) is 11.5 Å². The van der Waals surface area contributed by atoms with Gasteiger partial charge in [-0.2, -0.15) is 0 Å². The molecule has 4 rings (SSSR count). The fraction of sp³-hybridized carbons (Fsp3) is 0.211. The van der Waals surface area contributed by atoms with E-state index in [2.05, 4.69) is 15.5 Å². The SMILES string of the molecule is COc1cc(F)c(C2CNC(=O)C2)c(F)c1.Nc1nnc(-c2ccccc2)o1. The predicted molar refractivity (Wildman–Crippen MR) is 97.4 cm³/mol. The molecule has 9 heteroatoms. The van der Waals surface area contributed by atoms with E-state index in [1.54, 1.807) is 0 Å². The molecule has 0 bridgehead atoms. The van der Waals surface area contributed by atoms with Crippen molar-refractivity contribution in [3.05, 3.63) is 59.7 Å². The molecular formula is C19H18F2N4O3. The molecule has 1 amide bonds. The highest BCUT2D eigenvalue weighted by atomic mass is 19.1. The van der Waals surface area contributed by atoms with Gasteiger partial charge in [-0.25, -0.2) is 8.78 Å². The van der Waals surface area contributed by atoms with Crippen molar-refractivity contribution in [3.8, 4) is 17.2 Å². The number of nitrogens with zero attached hydrogens (tertiary/aromatic N) is 2. The highest BCUT2D eigenvalue weighted by Crippen LogP contribution is 2.30. The van der Waals surface area contributed by atoms with Gasteiger partial charge in [0, 0.05) is 42.1 Å². The second-order valence-electron chi connectivity index (χ2n) is 6.02. The van der Waals surface area contributed by atoms with Crippen molar-refractivity contribution in [2.75, 3.05) is 19.4 Å². The first-order chi connectivity index (χ1) is 13.5. The normalized spacial score (nSPS) is 15.5. The molecule has 3 N–H and O–H groups in total. The zero-order chi connectivity index (χ0) is 20.1. The number of hydrogen-bond acceptors (Lipinski definition) is 6. The molecule has 0 saturated carbocycles. The van der Waals surface area contributed by atoms with Crippen molar-refractivity contribution in [2.45, 2.75) is 12.3 Å². The Morgan fingerprint density at radius 2 is 1.86 bits per heavy atom. The molecule has 1 unspecified atom stereocenters. The predicted octanol–water partition coefficient (Wildman–Crippen LogP) is 2.90. The number of nitrogens with one attached hydrogen (secondary N) is 1. The molecule has 1 aliphatic rings. The lowest BCUT2D eigenvalue weighted by molar-refractivity contribution is -0.119. The fourth-order valence-corrected chi connectivity index (χ4v) is 2.81. The summed E-state index contributed by atoms with van der Waals surface area (Å²) < 4.78 is 37.0. The summed E-state index contributed by atoms with van der Waals surface area (Å²) in [6, 6.07) is 11.8. The molecule has 28 heavy (non-hydrogen) atoms. The standard InChI is InChI=1S/C11H11F2NO2.C8H7N3O/c1-16-7-3-8(12)11(9(13)4-7)6-2-10(15)14-5-6;9-8-11-10-7(12-8)6-4-2-1-3-5-6/h3-4,6H,2,5H2,1H3,(H,14,15);1-5H,(H2,9,11). The smallest absolute Gasteiger partial charge is 0.313 e. The summed E-state index contributed by atoms with van der Waals surface area (Å²) in [6.07, 6.45) is 0.125. The number of nitrogen functional groups attached to an aromatic ring is 1. The number of benzene rings is 2. The van der Waals surface area contributed by atoms with Crippen molar-refractivity contribution in [1.29, 1.82) is 0 Å². The van der Waals surface area contributed by atoms with E-state index >= 15 is 0 Å². The number of hydrogen-bond donors (Lipinski definition) is 2. The van der Waals surface area contributed by atoms with Gasteiger partial charge in [0.25, 0.3) is 0 Å². The maximum absolute atomic E-state index is 13.6. The number of carbonyl (C=O) groups excluding carboxylic acids is 1. The minimum Gasteiger partial charge on any atom is -0.497 e. The second kappa shape index (κ2) is 8.47. The lowest BCUT2D eigenvalue weighted by Gasteiger charge is -2.11. The number of nitrogens with two attached hydrogens (primary N) is 1. The largest absolute Gasteiger partial charge is 0.497 e. The zero-order valence-corrected chi connectivity index (χ0v) is 15.0. The van der Waals surface area contributed by atoms with E-state index in [1.165, 1.54) is 7.11 Å². The summed E-state index contributed by atoms with van der Waals surface area (Å²) >= 11 is 0. The Morgan fingerprint density at radius 1 is 1.18 bits per heavy atom. The van der Waals surface area contributed by atoms with Gasteiger partial charge in [-0.05, 0) is 12.1 Å². The Balaban J connectivity index is 0.000000167. The number of aromatic nitrogens is 2. The van der Waals surface area contributed by atoms with Gasteiger partial charge in [0.15, 0.2) is 0 Å². The van der Waals surface area contributed by atoms with Crippen LogP contribution in [0.15, 0.2) is 46.9 Å². The first-order valence-electron chi connectivity index (χ1n) is 8.42. The highest BCUT2D eigenvalue weighted by molar-refractivity contribution is 5.79. The Bertz CT molecular complexity index is 940. The molecule has 3 aromatic rings. The van der Waals surface area contributed by atoms with Crippen LogP contribution in [0, 0.1) is 11.6 Å². The topological polar surface area (TPSA) is 103 Å². The third-order valence-electron chi connectivity index (χ3n) is 4.14. The van der Waals surface area contributed by atoms with Crippen LogP contribution >= 0.6 is 0 Å². The maximum Gasteiger partial charge on any atom is 0.313 e. The third kappa shape index (κ3) is 4.43. The minimum atomic E-state index is -0.668. The molecule has 146 valence electrons. The average Bonchev–Trinajstić information content (AvgIpc) is 3.31.